The van der Waals surface area contributed by atoms with Gasteiger partial charge in [0, 0.05) is 4.24 Å². The van der Waals surface area contributed by atoms with Crippen molar-refractivity contribution in [2.24, 2.45) is 10.9 Å². The molecular formula is C4H8N2S3. The van der Waals surface area contributed by atoms with E-state index in [1.165, 1.54) is 23.5 Å². The van der Waals surface area contributed by atoms with E-state index < -0.39 is 0 Å². The van der Waals surface area contributed by atoms with E-state index in [-0.39, 0.29) is 0 Å². The maximum Gasteiger partial charge on any atom is 0.154 e. The van der Waals surface area contributed by atoms with E-state index in [1.54, 1.807) is 0 Å². The monoisotopic (exact) mass is 180 g/mol. The molecule has 0 aromatic rings. The Morgan fingerprint density at radius 3 is 2.44 bits per heavy atom. The number of thioether (sulfide) groups is 2. The summed E-state index contributed by atoms with van der Waals surface area (Å²) < 4.78 is 1.48. The molecule has 0 rings (SSSR count). The highest BCUT2D eigenvalue weighted by Gasteiger charge is 1.96. The second kappa shape index (κ2) is 5.08. The SMILES string of the molecule is C=C(S)S/C(=N\N)SC. The molecule has 0 radical (unpaired) electrons. The number of thiol groups is 1. The van der Waals surface area contributed by atoms with Crippen LogP contribution in [-0.4, -0.2) is 10.6 Å². The Kier molecular flexibility index (Phi) is 5.22. The first kappa shape index (κ1) is 9.26. The summed E-state index contributed by atoms with van der Waals surface area (Å²) in [7, 11) is 0. The van der Waals surface area contributed by atoms with Gasteiger partial charge in [-0.3, -0.25) is 0 Å². The van der Waals surface area contributed by atoms with Crippen molar-refractivity contribution in [3.05, 3.63) is 10.8 Å². The summed E-state index contributed by atoms with van der Waals surface area (Å²) in [5.41, 5.74) is 0. The van der Waals surface area contributed by atoms with E-state index in [0.29, 0.717) is 4.24 Å². The van der Waals surface area contributed by atoms with Crippen molar-refractivity contribution < 1.29 is 0 Å². The minimum absolute atomic E-state index is 0.702. The lowest BCUT2D eigenvalue weighted by molar-refractivity contribution is 1.27. The quantitative estimate of drug-likeness (QED) is 0.212. The third-order valence-electron chi connectivity index (χ3n) is 0.485. The third kappa shape index (κ3) is 4.74. The van der Waals surface area contributed by atoms with Crippen LogP contribution in [0.1, 0.15) is 0 Å². The summed E-state index contributed by atoms with van der Waals surface area (Å²) in [4.78, 5) is 0. The van der Waals surface area contributed by atoms with Crippen LogP contribution in [-0.2, 0) is 0 Å². The van der Waals surface area contributed by atoms with Crippen molar-refractivity contribution in [3.63, 3.8) is 0 Å². The van der Waals surface area contributed by atoms with Gasteiger partial charge in [0.05, 0.1) is 0 Å². The first-order valence-electron chi connectivity index (χ1n) is 2.08. The van der Waals surface area contributed by atoms with Gasteiger partial charge >= 0.3 is 0 Å². The Bertz CT molecular complexity index is 132. The zero-order chi connectivity index (χ0) is 7.28. The lowest BCUT2D eigenvalue weighted by Crippen LogP contribution is -1.89. The second-order valence-corrected chi connectivity index (χ2v) is 4.07. The lowest BCUT2D eigenvalue weighted by atomic mass is 11.3. The van der Waals surface area contributed by atoms with E-state index >= 15 is 0 Å². The van der Waals surface area contributed by atoms with E-state index in [2.05, 4.69) is 24.3 Å². The highest BCUT2D eigenvalue weighted by atomic mass is 32.2. The highest BCUT2D eigenvalue weighted by Crippen LogP contribution is 2.23. The zero-order valence-corrected chi connectivity index (χ0v) is 7.52. The molecule has 0 saturated heterocycles. The molecule has 0 fully saturated rings. The molecule has 0 saturated carbocycles. The Hall–Kier alpha value is 0.260. The fraction of sp³-hybridized carbons (Fsp3) is 0.250. The van der Waals surface area contributed by atoms with Gasteiger partial charge in [-0.2, -0.15) is 5.10 Å². The maximum absolute atomic E-state index is 5.00. The van der Waals surface area contributed by atoms with Crippen LogP contribution in [0.3, 0.4) is 0 Å². The first-order valence-corrected chi connectivity index (χ1v) is 4.57. The first-order chi connectivity index (χ1) is 4.20. The Balaban J connectivity index is 3.71. The fourth-order valence-corrected chi connectivity index (χ4v) is 1.66. The molecular weight excluding hydrogens is 172 g/mol. The van der Waals surface area contributed by atoms with Gasteiger partial charge in [0.15, 0.2) is 4.38 Å². The number of nitrogens with zero attached hydrogens (tertiary/aromatic N) is 1. The molecule has 0 spiro atoms. The summed E-state index contributed by atoms with van der Waals surface area (Å²) in [5.74, 6) is 5.00. The van der Waals surface area contributed by atoms with E-state index in [4.69, 9.17) is 5.84 Å². The minimum Gasteiger partial charge on any atom is -0.322 e. The number of rotatable bonds is 1. The van der Waals surface area contributed by atoms with Crippen LogP contribution in [0.15, 0.2) is 15.9 Å². The van der Waals surface area contributed by atoms with Crippen LogP contribution in [0, 0.1) is 0 Å². The molecule has 0 aromatic carbocycles. The molecule has 0 atom stereocenters. The van der Waals surface area contributed by atoms with E-state index in [0.717, 1.165) is 4.38 Å². The van der Waals surface area contributed by atoms with Crippen molar-refractivity contribution >= 4 is 40.5 Å². The van der Waals surface area contributed by atoms with Gasteiger partial charge in [-0.05, 0) is 6.26 Å². The molecule has 2 nitrogen and oxygen atoms in total. The molecule has 9 heavy (non-hydrogen) atoms. The standard InChI is InChI=1S/C4H8N2S3/c1-3(7)9-4(6-5)8-2/h7H,1,5H2,2H3/b6-4-. The van der Waals surface area contributed by atoms with Crippen molar-refractivity contribution in [1.29, 1.82) is 0 Å². The summed E-state index contributed by atoms with van der Waals surface area (Å²) in [5, 5.41) is 3.48. The van der Waals surface area contributed by atoms with Crippen LogP contribution in [0.25, 0.3) is 0 Å². The summed E-state index contributed by atoms with van der Waals surface area (Å²) in [6, 6.07) is 0. The van der Waals surface area contributed by atoms with Crippen molar-refractivity contribution in [1.82, 2.24) is 0 Å². The third-order valence-corrected chi connectivity index (χ3v) is 2.48. The van der Waals surface area contributed by atoms with Crippen molar-refractivity contribution in [2.45, 2.75) is 0 Å². The largest absolute Gasteiger partial charge is 0.322 e. The summed E-state index contributed by atoms with van der Waals surface area (Å²) in [6.07, 6.45) is 1.90. The van der Waals surface area contributed by atoms with Gasteiger partial charge in [-0.25, -0.2) is 0 Å². The van der Waals surface area contributed by atoms with Crippen LogP contribution < -0.4 is 5.84 Å². The van der Waals surface area contributed by atoms with Crippen molar-refractivity contribution in [2.75, 3.05) is 6.26 Å². The topological polar surface area (TPSA) is 38.4 Å². The molecule has 0 aliphatic heterocycles. The normalized spacial score (nSPS) is 11.6. The van der Waals surface area contributed by atoms with Gasteiger partial charge in [-0.15, -0.1) is 24.4 Å². The molecule has 0 aromatic heterocycles. The predicted octanol–water partition coefficient (Wildman–Crippen LogP) is 1.71. The minimum atomic E-state index is 0.702. The Morgan fingerprint density at radius 1 is 1.78 bits per heavy atom. The highest BCUT2D eigenvalue weighted by molar-refractivity contribution is 8.43. The molecule has 0 bridgehead atoms. The van der Waals surface area contributed by atoms with E-state index in [1.807, 2.05) is 6.26 Å². The molecule has 52 valence electrons. The van der Waals surface area contributed by atoms with Crippen LogP contribution >= 0.6 is 36.2 Å². The molecule has 0 aliphatic rings. The molecule has 0 amide bonds. The van der Waals surface area contributed by atoms with Gasteiger partial charge < -0.3 is 5.84 Å². The zero-order valence-electron chi connectivity index (χ0n) is 5.00. The second-order valence-electron chi connectivity index (χ2n) is 1.09. The molecule has 2 N–H and O–H groups in total. The number of hydrogen-bond acceptors (Lipinski definition) is 5. The van der Waals surface area contributed by atoms with Gasteiger partial charge in [0.1, 0.15) is 0 Å². The molecule has 0 unspecified atom stereocenters. The Labute approximate surface area is 68.8 Å². The molecule has 5 heteroatoms. The summed E-state index contributed by atoms with van der Waals surface area (Å²) >= 11 is 6.80. The summed E-state index contributed by atoms with van der Waals surface area (Å²) in [6.45, 7) is 3.57. The number of hydrazone groups is 1. The smallest absolute Gasteiger partial charge is 0.154 e. The number of hydrogen-bond donors (Lipinski definition) is 2. The average molecular weight is 180 g/mol. The average Bonchev–Trinajstić information content (AvgIpc) is 1.82. The predicted molar refractivity (Wildman–Crippen MR) is 50.9 cm³/mol. The van der Waals surface area contributed by atoms with Crippen LogP contribution in [0.5, 0.6) is 0 Å². The molecule has 0 aliphatic carbocycles. The van der Waals surface area contributed by atoms with Gasteiger partial charge in [0.2, 0.25) is 0 Å². The number of nitrogens with two attached hydrogens (primary N) is 1. The Morgan fingerprint density at radius 2 is 2.33 bits per heavy atom. The lowest BCUT2D eigenvalue weighted by Gasteiger charge is -1.96. The van der Waals surface area contributed by atoms with E-state index in [9.17, 15) is 0 Å². The molecule has 0 heterocycles. The van der Waals surface area contributed by atoms with Gasteiger partial charge in [0.25, 0.3) is 0 Å². The maximum atomic E-state index is 5.00. The van der Waals surface area contributed by atoms with Crippen LogP contribution in [0.2, 0.25) is 0 Å². The fourth-order valence-electron chi connectivity index (χ4n) is 0.222. The van der Waals surface area contributed by atoms with Crippen molar-refractivity contribution in [3.8, 4) is 0 Å². The van der Waals surface area contributed by atoms with Crippen LogP contribution in [0.4, 0.5) is 0 Å². The van der Waals surface area contributed by atoms with Gasteiger partial charge in [-0.1, -0.05) is 18.3 Å².